The van der Waals surface area contributed by atoms with E-state index in [2.05, 4.69) is 21.2 Å². The third kappa shape index (κ3) is 3.01. The van der Waals surface area contributed by atoms with Crippen molar-refractivity contribution in [3.63, 3.8) is 0 Å². The van der Waals surface area contributed by atoms with Crippen LogP contribution in [-0.4, -0.2) is 14.5 Å². The monoisotopic (exact) mass is 310 g/mol. The maximum Gasteiger partial charge on any atom is 0.240 e. The summed E-state index contributed by atoms with van der Waals surface area (Å²) >= 11 is 4.61. The van der Waals surface area contributed by atoms with E-state index in [1.165, 1.54) is 24.2 Å². The van der Waals surface area contributed by atoms with E-state index in [1.54, 1.807) is 6.07 Å². The van der Waals surface area contributed by atoms with Crippen molar-refractivity contribution in [1.29, 1.82) is 0 Å². The third-order valence-corrected chi connectivity index (χ3v) is 5.32. The van der Waals surface area contributed by atoms with Gasteiger partial charge in [-0.2, -0.15) is 0 Å². The predicted octanol–water partition coefficient (Wildman–Crippen LogP) is 1.41. The van der Waals surface area contributed by atoms with Crippen molar-refractivity contribution in [2.24, 2.45) is 5.14 Å². The smallest absolute Gasteiger partial charge is 0.240 e. The molecule has 0 saturated heterocycles. The van der Waals surface area contributed by atoms with E-state index >= 15 is 0 Å². The van der Waals surface area contributed by atoms with E-state index in [0.717, 1.165) is 4.88 Å². The molecule has 3 N–H and O–H groups in total. The van der Waals surface area contributed by atoms with Crippen molar-refractivity contribution in [2.75, 3.05) is 0 Å². The highest BCUT2D eigenvalue weighted by molar-refractivity contribution is 9.11. The Balaban J connectivity index is 2.13. The summed E-state index contributed by atoms with van der Waals surface area (Å²) in [4.78, 5) is 1.16. The molecule has 0 radical (unpaired) electrons. The zero-order valence-corrected chi connectivity index (χ0v) is 11.1. The van der Waals surface area contributed by atoms with Gasteiger partial charge in [0.15, 0.2) is 0 Å². The predicted molar refractivity (Wildman–Crippen MR) is 63.3 cm³/mol. The Bertz CT molecular complexity index is 465. The van der Waals surface area contributed by atoms with Crippen LogP contribution in [0, 0.1) is 0 Å². The van der Waals surface area contributed by atoms with Crippen molar-refractivity contribution in [1.82, 2.24) is 5.32 Å². The van der Waals surface area contributed by atoms with Crippen molar-refractivity contribution < 1.29 is 8.42 Å². The van der Waals surface area contributed by atoms with Gasteiger partial charge in [0.25, 0.3) is 0 Å². The SMILES string of the molecule is NS(=O)(=O)c1cc(CNC2CC2)sc1Br. The molecule has 1 fully saturated rings. The van der Waals surface area contributed by atoms with Gasteiger partial charge in [0.1, 0.15) is 4.90 Å². The largest absolute Gasteiger partial charge is 0.309 e. The quantitative estimate of drug-likeness (QED) is 0.883. The van der Waals surface area contributed by atoms with E-state index in [0.29, 0.717) is 16.4 Å². The highest BCUT2D eigenvalue weighted by atomic mass is 79.9. The second kappa shape index (κ2) is 4.14. The number of rotatable bonds is 4. The number of nitrogens with two attached hydrogens (primary N) is 1. The first-order valence-corrected chi connectivity index (χ1v) is 7.67. The Morgan fingerprint density at radius 2 is 2.27 bits per heavy atom. The molecule has 1 aromatic heterocycles. The third-order valence-electron chi connectivity index (χ3n) is 2.16. The van der Waals surface area contributed by atoms with Crippen molar-refractivity contribution in [3.8, 4) is 0 Å². The van der Waals surface area contributed by atoms with Gasteiger partial charge in [-0.3, -0.25) is 0 Å². The van der Waals surface area contributed by atoms with Crippen molar-refractivity contribution >= 4 is 37.3 Å². The molecular formula is C8H11BrN2O2S2. The molecule has 0 unspecified atom stereocenters. The van der Waals surface area contributed by atoms with Crippen LogP contribution < -0.4 is 10.5 Å². The fraction of sp³-hybridized carbons (Fsp3) is 0.500. The Morgan fingerprint density at radius 3 is 2.73 bits per heavy atom. The number of halogens is 1. The Hall–Kier alpha value is 0.0500. The average molecular weight is 311 g/mol. The second-order valence-corrected chi connectivity index (χ2v) is 7.54. The summed E-state index contributed by atoms with van der Waals surface area (Å²) in [6.07, 6.45) is 2.43. The summed E-state index contributed by atoms with van der Waals surface area (Å²) in [6, 6.07) is 2.24. The Labute approximate surface area is 101 Å². The molecule has 1 heterocycles. The zero-order valence-electron chi connectivity index (χ0n) is 7.86. The minimum atomic E-state index is -3.60. The molecule has 7 heteroatoms. The van der Waals surface area contributed by atoms with E-state index in [-0.39, 0.29) is 4.90 Å². The lowest BCUT2D eigenvalue weighted by Crippen LogP contribution is -2.14. The zero-order chi connectivity index (χ0) is 11.1. The number of hydrogen-bond acceptors (Lipinski definition) is 4. The number of primary sulfonamides is 1. The molecule has 0 aromatic carbocycles. The molecular weight excluding hydrogens is 300 g/mol. The van der Waals surface area contributed by atoms with Gasteiger partial charge in [-0.25, -0.2) is 13.6 Å². The average Bonchev–Trinajstić information content (AvgIpc) is 2.85. The van der Waals surface area contributed by atoms with Gasteiger partial charge in [0.05, 0.1) is 3.79 Å². The molecule has 15 heavy (non-hydrogen) atoms. The Morgan fingerprint density at radius 1 is 1.60 bits per heavy atom. The van der Waals surface area contributed by atoms with Gasteiger partial charge in [-0.05, 0) is 34.8 Å². The highest BCUT2D eigenvalue weighted by Gasteiger charge is 2.21. The molecule has 1 saturated carbocycles. The fourth-order valence-electron chi connectivity index (χ4n) is 1.21. The second-order valence-electron chi connectivity index (χ2n) is 3.55. The van der Waals surface area contributed by atoms with E-state index in [4.69, 9.17) is 5.14 Å². The Kier molecular flexibility index (Phi) is 3.18. The van der Waals surface area contributed by atoms with Gasteiger partial charge in [-0.15, -0.1) is 11.3 Å². The summed E-state index contributed by atoms with van der Waals surface area (Å²) < 4.78 is 22.9. The van der Waals surface area contributed by atoms with Gasteiger partial charge >= 0.3 is 0 Å². The first-order chi connectivity index (χ1) is 6.97. The van der Waals surface area contributed by atoms with Crippen LogP contribution in [0.25, 0.3) is 0 Å². The van der Waals surface area contributed by atoms with Gasteiger partial charge in [0, 0.05) is 17.5 Å². The van der Waals surface area contributed by atoms with Crippen molar-refractivity contribution in [3.05, 3.63) is 14.7 Å². The summed E-state index contributed by atoms with van der Waals surface area (Å²) in [5.41, 5.74) is 0. The molecule has 0 spiro atoms. The van der Waals surface area contributed by atoms with Crippen LogP contribution in [0.15, 0.2) is 14.7 Å². The molecule has 84 valence electrons. The van der Waals surface area contributed by atoms with Gasteiger partial charge in [0.2, 0.25) is 10.0 Å². The summed E-state index contributed by atoms with van der Waals surface area (Å²) in [6.45, 7) is 0.712. The molecule has 0 bridgehead atoms. The fourth-order valence-corrected chi connectivity index (χ4v) is 4.43. The van der Waals surface area contributed by atoms with Gasteiger partial charge in [-0.1, -0.05) is 0 Å². The van der Waals surface area contributed by atoms with E-state index in [1.807, 2.05) is 0 Å². The topological polar surface area (TPSA) is 72.2 Å². The lowest BCUT2D eigenvalue weighted by molar-refractivity contribution is 0.597. The van der Waals surface area contributed by atoms with Crippen molar-refractivity contribution in [2.45, 2.75) is 30.3 Å². The number of sulfonamides is 1. The molecule has 0 aliphatic heterocycles. The van der Waals surface area contributed by atoms with E-state index < -0.39 is 10.0 Å². The first-order valence-electron chi connectivity index (χ1n) is 4.51. The van der Waals surface area contributed by atoms with Gasteiger partial charge < -0.3 is 5.32 Å². The maximum absolute atomic E-state index is 11.2. The first kappa shape index (κ1) is 11.5. The van der Waals surface area contributed by atoms with Crippen LogP contribution >= 0.6 is 27.3 Å². The number of thiophene rings is 1. The highest BCUT2D eigenvalue weighted by Crippen LogP contribution is 2.31. The van der Waals surface area contributed by atoms with Crippen LogP contribution in [0.5, 0.6) is 0 Å². The summed E-state index contributed by atoms with van der Waals surface area (Å²) in [5, 5.41) is 8.39. The molecule has 1 aliphatic rings. The van der Waals surface area contributed by atoms with Crippen LogP contribution in [0.3, 0.4) is 0 Å². The molecule has 0 amide bonds. The molecule has 1 aromatic rings. The van der Waals surface area contributed by atoms with Crippen LogP contribution in [0.4, 0.5) is 0 Å². The molecule has 0 atom stereocenters. The number of nitrogens with one attached hydrogen (secondary N) is 1. The summed E-state index contributed by atoms with van der Waals surface area (Å²) in [7, 11) is -3.60. The van der Waals surface area contributed by atoms with Crippen LogP contribution in [0.1, 0.15) is 17.7 Å². The lowest BCUT2D eigenvalue weighted by Gasteiger charge is -1.97. The van der Waals surface area contributed by atoms with E-state index in [9.17, 15) is 8.42 Å². The number of hydrogen-bond donors (Lipinski definition) is 2. The molecule has 2 rings (SSSR count). The standard InChI is InChI=1S/C8H11BrN2O2S2/c9-8-7(15(10,12)13)3-6(14-8)4-11-5-1-2-5/h3,5,11H,1-2,4H2,(H2,10,12,13). The van der Waals surface area contributed by atoms with Crippen LogP contribution in [-0.2, 0) is 16.6 Å². The minimum Gasteiger partial charge on any atom is -0.309 e. The minimum absolute atomic E-state index is 0.181. The lowest BCUT2D eigenvalue weighted by atomic mass is 10.4. The summed E-state index contributed by atoms with van der Waals surface area (Å²) in [5.74, 6) is 0. The molecule has 4 nitrogen and oxygen atoms in total. The molecule has 1 aliphatic carbocycles. The van der Waals surface area contributed by atoms with Crippen LogP contribution in [0.2, 0.25) is 0 Å². The maximum atomic E-state index is 11.2. The normalized spacial score (nSPS) is 16.9.